The number of amides is 3. The Hall–Kier alpha value is -0.780. The number of nitrogens with one attached hydrogen (secondary N) is 2. The fourth-order valence-corrected chi connectivity index (χ4v) is 0.922. The minimum absolute atomic E-state index is 0.0434. The quantitative estimate of drug-likeness (QED) is 0.448. The van der Waals surface area contributed by atoms with Gasteiger partial charge in [0, 0.05) is 24.8 Å². The fourth-order valence-electron chi connectivity index (χ4n) is 0.562. The molecule has 0 unspecified atom stereocenters. The normalized spacial score (nSPS) is 9.08. The minimum atomic E-state index is -0.579. The lowest BCUT2D eigenvalue weighted by atomic mass is 10.4. The first-order valence-corrected chi connectivity index (χ1v) is 4.65. The summed E-state index contributed by atoms with van der Waals surface area (Å²) in [6, 6.07) is -0.579. The van der Waals surface area contributed by atoms with Crippen molar-refractivity contribution in [3.8, 4) is 0 Å². The van der Waals surface area contributed by atoms with Gasteiger partial charge in [-0.2, -0.15) is 0 Å². The molecule has 12 heavy (non-hydrogen) atoms. The number of urea groups is 1. The van der Waals surface area contributed by atoms with Gasteiger partial charge >= 0.3 is 6.03 Å². The van der Waals surface area contributed by atoms with Crippen LogP contribution in [0.3, 0.4) is 0 Å². The molecule has 0 atom stereocenters. The molecule has 3 amide bonds. The van der Waals surface area contributed by atoms with Crippen LogP contribution in [0.25, 0.3) is 0 Å². The molecule has 0 aliphatic carbocycles. The van der Waals surface area contributed by atoms with Crippen LogP contribution in [0.15, 0.2) is 0 Å². The summed E-state index contributed by atoms with van der Waals surface area (Å²) in [5, 5.41) is 5.60. The van der Waals surface area contributed by atoms with Gasteiger partial charge in [-0.05, 0) is 0 Å². The lowest BCUT2D eigenvalue weighted by Gasteiger charge is -2.03. The van der Waals surface area contributed by atoms with Crippen LogP contribution in [-0.4, -0.2) is 30.4 Å². The smallest absolute Gasteiger partial charge is 0.312 e. The summed E-state index contributed by atoms with van der Waals surface area (Å²) in [7, 11) is 0. The first kappa shape index (κ1) is 11.2. The molecule has 0 aromatic heterocycles. The van der Waals surface area contributed by atoms with Gasteiger partial charge in [0.05, 0.1) is 0 Å². The Morgan fingerprint density at radius 3 is 2.33 bits per heavy atom. The zero-order valence-electron chi connectivity index (χ0n) is 6.60. The van der Waals surface area contributed by atoms with E-state index >= 15 is 0 Å². The largest absolute Gasteiger partial charge is 0.354 e. The van der Waals surface area contributed by atoms with E-state index in [1.165, 1.54) is 0 Å². The van der Waals surface area contributed by atoms with Crippen LogP contribution in [0.1, 0.15) is 6.42 Å². The molecular formula is C6H12BrN3O2. The van der Waals surface area contributed by atoms with E-state index in [1.807, 2.05) is 0 Å². The summed E-state index contributed by atoms with van der Waals surface area (Å²) in [5.74, 6) is -0.0434. The second-order valence-electron chi connectivity index (χ2n) is 2.08. The van der Waals surface area contributed by atoms with E-state index in [2.05, 4.69) is 26.6 Å². The third-order valence-corrected chi connectivity index (χ3v) is 1.46. The van der Waals surface area contributed by atoms with Gasteiger partial charge in [-0.3, -0.25) is 4.79 Å². The van der Waals surface area contributed by atoms with E-state index in [9.17, 15) is 9.59 Å². The van der Waals surface area contributed by atoms with Crippen molar-refractivity contribution in [1.29, 1.82) is 0 Å². The number of hydrogen-bond donors (Lipinski definition) is 3. The predicted molar refractivity (Wildman–Crippen MR) is 49.0 cm³/mol. The Morgan fingerprint density at radius 2 is 1.83 bits per heavy atom. The van der Waals surface area contributed by atoms with Crippen molar-refractivity contribution in [3.63, 3.8) is 0 Å². The van der Waals surface area contributed by atoms with Crippen molar-refractivity contribution in [2.24, 2.45) is 5.73 Å². The molecule has 5 nitrogen and oxygen atoms in total. The van der Waals surface area contributed by atoms with Gasteiger partial charge < -0.3 is 16.4 Å². The van der Waals surface area contributed by atoms with E-state index in [0.29, 0.717) is 24.8 Å². The monoisotopic (exact) mass is 237 g/mol. The van der Waals surface area contributed by atoms with E-state index in [-0.39, 0.29) is 5.91 Å². The summed E-state index contributed by atoms with van der Waals surface area (Å²) in [6.45, 7) is 0.776. The van der Waals surface area contributed by atoms with E-state index in [1.54, 1.807) is 0 Å². The average molecular weight is 238 g/mol. The second-order valence-corrected chi connectivity index (χ2v) is 2.87. The van der Waals surface area contributed by atoms with E-state index in [0.717, 1.165) is 0 Å². The summed E-state index contributed by atoms with van der Waals surface area (Å²) in [6.07, 6.45) is 0.441. The van der Waals surface area contributed by atoms with Gasteiger partial charge in [0.25, 0.3) is 0 Å². The van der Waals surface area contributed by atoms with Gasteiger partial charge in [-0.25, -0.2) is 4.79 Å². The van der Waals surface area contributed by atoms with Crippen LogP contribution in [-0.2, 0) is 4.79 Å². The molecule has 6 heteroatoms. The average Bonchev–Trinajstić information content (AvgIpc) is 1.98. The first-order valence-electron chi connectivity index (χ1n) is 3.52. The van der Waals surface area contributed by atoms with Gasteiger partial charge in [-0.1, -0.05) is 15.9 Å². The molecule has 0 saturated carbocycles. The van der Waals surface area contributed by atoms with Gasteiger partial charge in [0.15, 0.2) is 0 Å². The highest BCUT2D eigenvalue weighted by molar-refractivity contribution is 9.09. The van der Waals surface area contributed by atoms with Crippen LogP contribution in [0.5, 0.6) is 0 Å². The molecule has 4 N–H and O–H groups in total. The topological polar surface area (TPSA) is 84.2 Å². The van der Waals surface area contributed by atoms with Crippen LogP contribution in [0.4, 0.5) is 4.79 Å². The third kappa shape index (κ3) is 7.33. The predicted octanol–water partition coefficient (Wildman–Crippen LogP) is -0.444. The minimum Gasteiger partial charge on any atom is -0.354 e. The highest BCUT2D eigenvalue weighted by Gasteiger charge is 1.97. The summed E-state index contributed by atoms with van der Waals surface area (Å²) < 4.78 is 0. The standard InChI is InChI=1S/C6H12BrN3O2/c7-2-1-5(11)9-3-4-10-6(8)12/h1-4H2,(H,9,11)(H3,8,10,12). The highest BCUT2D eigenvalue weighted by atomic mass is 79.9. The molecule has 0 rings (SSSR count). The molecule has 0 heterocycles. The molecule has 0 saturated heterocycles. The fraction of sp³-hybridized carbons (Fsp3) is 0.667. The van der Waals surface area contributed by atoms with E-state index in [4.69, 9.17) is 5.73 Å². The maximum atomic E-state index is 10.8. The molecular weight excluding hydrogens is 226 g/mol. The molecule has 0 aromatic rings. The number of halogens is 1. The number of hydrogen-bond acceptors (Lipinski definition) is 2. The number of primary amides is 1. The first-order chi connectivity index (χ1) is 5.66. The zero-order valence-corrected chi connectivity index (χ0v) is 8.19. The van der Waals surface area contributed by atoms with Crippen LogP contribution in [0, 0.1) is 0 Å². The van der Waals surface area contributed by atoms with Gasteiger partial charge in [0.2, 0.25) is 5.91 Å². The molecule has 0 aromatic carbocycles. The number of nitrogens with two attached hydrogens (primary N) is 1. The number of carbonyl (C=O) groups excluding carboxylic acids is 2. The summed E-state index contributed by atoms with van der Waals surface area (Å²) in [4.78, 5) is 21.0. The van der Waals surface area contributed by atoms with Crippen molar-refractivity contribution in [2.75, 3.05) is 18.4 Å². The summed E-state index contributed by atoms with van der Waals surface area (Å²) in [5.41, 5.74) is 4.80. The Labute approximate surface area is 79.2 Å². The SMILES string of the molecule is NC(=O)NCCNC(=O)CCBr. The Bertz CT molecular complexity index is 163. The molecule has 0 aliphatic rings. The maximum absolute atomic E-state index is 10.8. The third-order valence-electron chi connectivity index (χ3n) is 1.07. The van der Waals surface area contributed by atoms with Crippen molar-refractivity contribution >= 4 is 27.9 Å². The van der Waals surface area contributed by atoms with E-state index < -0.39 is 6.03 Å². The highest BCUT2D eigenvalue weighted by Crippen LogP contribution is 1.85. The zero-order chi connectivity index (χ0) is 9.40. The Morgan fingerprint density at radius 1 is 1.25 bits per heavy atom. The van der Waals surface area contributed by atoms with Crippen LogP contribution in [0.2, 0.25) is 0 Å². The van der Waals surface area contributed by atoms with Crippen molar-refractivity contribution < 1.29 is 9.59 Å². The lowest BCUT2D eigenvalue weighted by molar-refractivity contribution is -0.120. The lowest BCUT2D eigenvalue weighted by Crippen LogP contribution is -2.37. The molecule has 0 bridgehead atoms. The molecule has 0 spiro atoms. The van der Waals surface area contributed by atoms with Crippen molar-refractivity contribution in [3.05, 3.63) is 0 Å². The molecule has 0 fully saturated rings. The molecule has 0 radical (unpaired) electrons. The summed E-state index contributed by atoms with van der Waals surface area (Å²) >= 11 is 3.13. The molecule has 70 valence electrons. The second kappa shape index (κ2) is 6.90. The number of alkyl halides is 1. The number of carbonyl (C=O) groups is 2. The van der Waals surface area contributed by atoms with Crippen molar-refractivity contribution in [2.45, 2.75) is 6.42 Å². The molecule has 0 aliphatic heterocycles. The van der Waals surface area contributed by atoms with Crippen molar-refractivity contribution in [1.82, 2.24) is 10.6 Å². The number of rotatable bonds is 5. The maximum Gasteiger partial charge on any atom is 0.312 e. The van der Waals surface area contributed by atoms with Crippen LogP contribution >= 0.6 is 15.9 Å². The van der Waals surface area contributed by atoms with Gasteiger partial charge in [0.1, 0.15) is 0 Å². The Kier molecular flexibility index (Phi) is 6.45. The van der Waals surface area contributed by atoms with Crippen LogP contribution < -0.4 is 16.4 Å². The Balaban J connectivity index is 3.19. The van der Waals surface area contributed by atoms with Gasteiger partial charge in [-0.15, -0.1) is 0 Å².